The van der Waals surface area contributed by atoms with Crippen LogP contribution in [0.2, 0.25) is 0 Å². The van der Waals surface area contributed by atoms with Gasteiger partial charge in [-0.25, -0.2) is 14.4 Å². The van der Waals surface area contributed by atoms with Crippen LogP contribution in [0.5, 0.6) is 0 Å². The summed E-state index contributed by atoms with van der Waals surface area (Å²) in [6.07, 6.45) is 0.224. The molecule has 0 bridgehead atoms. The first-order valence-electron chi connectivity index (χ1n) is 12.0. The van der Waals surface area contributed by atoms with E-state index in [1.807, 2.05) is 48.5 Å². The molecule has 1 unspecified atom stereocenters. The first-order valence-corrected chi connectivity index (χ1v) is 12.0. The van der Waals surface area contributed by atoms with Gasteiger partial charge < -0.3 is 24.8 Å². The highest BCUT2D eigenvalue weighted by atomic mass is 16.6. The molecule has 8 nitrogen and oxygen atoms in total. The topological polar surface area (TPSA) is 105 Å². The summed E-state index contributed by atoms with van der Waals surface area (Å²) in [6.45, 7) is 5.95. The number of amides is 2. The predicted molar refractivity (Wildman–Crippen MR) is 130 cm³/mol. The molecular formula is C27H32N2O6. The molecule has 1 saturated heterocycles. The highest BCUT2D eigenvalue weighted by Gasteiger charge is 2.36. The maximum atomic E-state index is 12.6. The molecule has 0 radical (unpaired) electrons. The number of carbonyl (C=O) groups excluding carboxylic acids is 2. The summed E-state index contributed by atoms with van der Waals surface area (Å²) in [5.41, 5.74) is 3.74. The zero-order chi connectivity index (χ0) is 25.2. The molecule has 1 aliphatic heterocycles. The molecule has 8 heteroatoms. The number of fused-ring (bicyclic) bond motifs is 3. The standard InChI is InChI=1S/C27H32N2O6/c1-27(2,3)35-26(33)29-14-8-9-17(29)15-23(24(30)31)28-25(32)34-16-22-20-12-6-4-10-18(20)19-11-5-7-13-21(19)22/h4-7,10-13,17,22-23H,8-9,14-16H2,1-3H3,(H,28,32)(H,30,31)/t17-,23?/m0/s1. The van der Waals surface area contributed by atoms with E-state index >= 15 is 0 Å². The van der Waals surface area contributed by atoms with Gasteiger partial charge in [0.05, 0.1) is 0 Å². The molecule has 0 aromatic heterocycles. The second kappa shape index (κ2) is 9.98. The Kier molecular flexibility index (Phi) is 7.00. The highest BCUT2D eigenvalue weighted by Crippen LogP contribution is 2.44. The monoisotopic (exact) mass is 480 g/mol. The Morgan fingerprint density at radius 3 is 2.23 bits per heavy atom. The molecule has 1 fully saturated rings. The lowest BCUT2D eigenvalue weighted by Gasteiger charge is -2.30. The number of nitrogens with one attached hydrogen (secondary N) is 1. The molecule has 186 valence electrons. The van der Waals surface area contributed by atoms with Gasteiger partial charge in [-0.3, -0.25) is 0 Å². The summed E-state index contributed by atoms with van der Waals surface area (Å²) in [7, 11) is 0. The smallest absolute Gasteiger partial charge is 0.410 e. The molecule has 1 heterocycles. The molecule has 4 rings (SSSR count). The summed E-state index contributed by atoms with van der Waals surface area (Å²) in [6, 6.07) is 14.5. The molecule has 0 saturated carbocycles. The number of nitrogens with zero attached hydrogens (tertiary/aromatic N) is 1. The van der Waals surface area contributed by atoms with Crippen LogP contribution in [0.25, 0.3) is 11.1 Å². The van der Waals surface area contributed by atoms with Crippen LogP contribution in [-0.4, -0.2) is 59.0 Å². The fraction of sp³-hybridized carbons (Fsp3) is 0.444. The minimum absolute atomic E-state index is 0.0821. The minimum atomic E-state index is -1.18. The van der Waals surface area contributed by atoms with Gasteiger partial charge in [-0.15, -0.1) is 0 Å². The number of hydrogen-bond donors (Lipinski definition) is 2. The van der Waals surface area contributed by atoms with Gasteiger partial charge >= 0.3 is 18.2 Å². The first-order chi connectivity index (χ1) is 16.6. The maximum Gasteiger partial charge on any atom is 0.410 e. The number of carboxylic acid groups (broad SMARTS) is 1. The molecule has 2 amide bonds. The third-order valence-corrected chi connectivity index (χ3v) is 6.45. The Bertz CT molecular complexity index is 1060. The third kappa shape index (κ3) is 5.58. The Balaban J connectivity index is 1.38. The van der Waals surface area contributed by atoms with Crippen molar-refractivity contribution >= 4 is 18.2 Å². The highest BCUT2D eigenvalue weighted by molar-refractivity contribution is 5.81. The molecule has 2 aromatic carbocycles. The number of rotatable bonds is 6. The molecule has 2 aliphatic rings. The van der Waals surface area contributed by atoms with E-state index in [2.05, 4.69) is 5.32 Å². The van der Waals surface area contributed by atoms with Gasteiger partial charge in [0.15, 0.2) is 0 Å². The van der Waals surface area contributed by atoms with Crippen LogP contribution in [0.3, 0.4) is 0 Å². The van der Waals surface area contributed by atoms with Gasteiger partial charge in [-0.2, -0.15) is 0 Å². The van der Waals surface area contributed by atoms with Crippen LogP contribution < -0.4 is 5.32 Å². The zero-order valence-electron chi connectivity index (χ0n) is 20.3. The van der Waals surface area contributed by atoms with Gasteiger partial charge in [0.2, 0.25) is 0 Å². The van der Waals surface area contributed by atoms with Crippen molar-refractivity contribution in [3.8, 4) is 11.1 Å². The molecule has 2 atom stereocenters. The Morgan fingerprint density at radius 1 is 1.06 bits per heavy atom. The van der Waals surface area contributed by atoms with E-state index in [0.29, 0.717) is 13.0 Å². The molecule has 2 aromatic rings. The second-order valence-corrected chi connectivity index (χ2v) is 10.1. The molecule has 35 heavy (non-hydrogen) atoms. The van der Waals surface area contributed by atoms with Crippen molar-refractivity contribution in [1.29, 1.82) is 0 Å². The lowest BCUT2D eigenvalue weighted by molar-refractivity contribution is -0.139. The number of aliphatic carboxylic acids is 1. The molecule has 1 aliphatic carbocycles. The van der Waals surface area contributed by atoms with Gasteiger partial charge in [-0.1, -0.05) is 48.5 Å². The number of benzene rings is 2. The Hall–Kier alpha value is -3.55. The number of carbonyl (C=O) groups is 3. The van der Waals surface area contributed by atoms with E-state index in [1.165, 1.54) is 0 Å². The summed E-state index contributed by atoms with van der Waals surface area (Å²) in [5, 5.41) is 12.2. The van der Waals surface area contributed by atoms with Gasteiger partial charge in [-0.05, 0) is 62.3 Å². The van der Waals surface area contributed by atoms with Crippen molar-refractivity contribution in [2.75, 3.05) is 13.2 Å². The van der Waals surface area contributed by atoms with Crippen molar-refractivity contribution in [3.05, 3.63) is 59.7 Å². The van der Waals surface area contributed by atoms with Gasteiger partial charge in [0, 0.05) is 18.5 Å². The Labute approximate surface area is 205 Å². The predicted octanol–water partition coefficient (Wildman–Crippen LogP) is 4.77. The molecular weight excluding hydrogens is 448 g/mol. The van der Waals surface area contributed by atoms with E-state index in [4.69, 9.17) is 9.47 Å². The van der Waals surface area contributed by atoms with Gasteiger partial charge in [0.25, 0.3) is 0 Å². The Morgan fingerprint density at radius 2 is 1.66 bits per heavy atom. The van der Waals surface area contributed by atoms with Crippen molar-refractivity contribution < 1.29 is 29.0 Å². The van der Waals surface area contributed by atoms with Crippen molar-refractivity contribution in [2.24, 2.45) is 0 Å². The quantitative estimate of drug-likeness (QED) is 0.617. The second-order valence-electron chi connectivity index (χ2n) is 10.1. The van der Waals surface area contributed by atoms with E-state index in [9.17, 15) is 19.5 Å². The largest absolute Gasteiger partial charge is 0.480 e. The summed E-state index contributed by atoms with van der Waals surface area (Å²) in [4.78, 5) is 38.6. The summed E-state index contributed by atoms with van der Waals surface area (Å²) >= 11 is 0. The van der Waals surface area contributed by atoms with E-state index in [1.54, 1.807) is 25.7 Å². The number of hydrogen-bond acceptors (Lipinski definition) is 5. The fourth-order valence-electron chi connectivity index (χ4n) is 4.92. The van der Waals surface area contributed by atoms with Crippen LogP contribution in [0, 0.1) is 0 Å². The van der Waals surface area contributed by atoms with Crippen LogP contribution >= 0.6 is 0 Å². The van der Waals surface area contributed by atoms with Gasteiger partial charge in [0.1, 0.15) is 18.2 Å². The lowest BCUT2D eigenvalue weighted by Crippen LogP contribution is -2.47. The van der Waals surface area contributed by atoms with E-state index in [-0.39, 0.29) is 25.0 Å². The average Bonchev–Trinajstić information content (AvgIpc) is 3.39. The minimum Gasteiger partial charge on any atom is -0.480 e. The van der Waals surface area contributed by atoms with E-state index in [0.717, 1.165) is 28.7 Å². The van der Waals surface area contributed by atoms with Crippen molar-refractivity contribution in [1.82, 2.24) is 10.2 Å². The lowest BCUT2D eigenvalue weighted by atomic mass is 9.98. The average molecular weight is 481 g/mol. The van der Waals surface area contributed by atoms with Crippen LogP contribution in [0.4, 0.5) is 9.59 Å². The maximum absolute atomic E-state index is 12.6. The van der Waals surface area contributed by atoms with Crippen LogP contribution in [0.1, 0.15) is 57.1 Å². The number of carboxylic acids is 1. The zero-order valence-corrected chi connectivity index (χ0v) is 20.3. The summed E-state index contributed by atoms with van der Waals surface area (Å²) in [5.74, 6) is -1.29. The fourth-order valence-corrected chi connectivity index (χ4v) is 4.92. The van der Waals surface area contributed by atoms with Crippen molar-refractivity contribution in [3.63, 3.8) is 0 Å². The summed E-state index contributed by atoms with van der Waals surface area (Å²) < 4.78 is 11.0. The first kappa shape index (κ1) is 24.6. The van der Waals surface area contributed by atoms with Crippen LogP contribution in [0.15, 0.2) is 48.5 Å². The number of likely N-dealkylation sites (tertiary alicyclic amines) is 1. The SMILES string of the molecule is CC(C)(C)OC(=O)N1CCC[C@H]1CC(NC(=O)OCC1c2ccccc2-c2ccccc21)C(=O)O. The number of ether oxygens (including phenoxy) is 2. The normalized spacial score (nSPS) is 17.9. The number of alkyl carbamates (subject to hydrolysis) is 1. The van der Waals surface area contributed by atoms with Crippen molar-refractivity contribution in [2.45, 2.75) is 63.6 Å². The molecule has 2 N–H and O–H groups in total. The van der Waals surface area contributed by atoms with Crippen LogP contribution in [-0.2, 0) is 14.3 Å². The third-order valence-electron chi connectivity index (χ3n) is 6.45. The molecule has 0 spiro atoms. The van der Waals surface area contributed by atoms with E-state index < -0.39 is 29.8 Å².